The third kappa shape index (κ3) is 4.35. The molecule has 0 aromatic carbocycles. The molecule has 2 N–H and O–H groups in total. The number of likely N-dealkylation sites (tertiary alicyclic amines) is 1. The number of amides is 2. The molecule has 2 unspecified atom stereocenters. The fraction of sp³-hybridized carbons (Fsp3) is 0.571. The SMILES string of the molecule is CNC(=O)[C@H]1CC(O)CN1C(=O)C(n1cc(-c2cc(C)nc(C)c2)nn1)C(C)(C)C. The summed E-state index contributed by atoms with van der Waals surface area (Å²) >= 11 is 0. The number of hydrogen-bond acceptors (Lipinski definition) is 6. The highest BCUT2D eigenvalue weighted by Crippen LogP contribution is 2.35. The number of β-amino-alcohol motifs (C(OH)–C–C–N with tert-alkyl or cyclic N) is 1. The molecule has 0 saturated carbocycles. The lowest BCUT2D eigenvalue weighted by atomic mass is 9.85. The molecule has 1 saturated heterocycles. The van der Waals surface area contributed by atoms with Gasteiger partial charge in [0.15, 0.2) is 0 Å². The molecule has 30 heavy (non-hydrogen) atoms. The Balaban J connectivity index is 1.97. The van der Waals surface area contributed by atoms with E-state index in [-0.39, 0.29) is 24.8 Å². The Kier molecular flexibility index (Phi) is 5.94. The second-order valence-corrected chi connectivity index (χ2v) is 9.00. The van der Waals surface area contributed by atoms with Crippen molar-refractivity contribution in [1.29, 1.82) is 0 Å². The van der Waals surface area contributed by atoms with E-state index in [4.69, 9.17) is 0 Å². The summed E-state index contributed by atoms with van der Waals surface area (Å²) in [5.74, 6) is -0.541. The minimum absolute atomic E-state index is 0.119. The topological polar surface area (TPSA) is 113 Å². The maximum Gasteiger partial charge on any atom is 0.248 e. The zero-order valence-corrected chi connectivity index (χ0v) is 18.4. The molecule has 0 radical (unpaired) electrons. The Hall–Kier alpha value is -2.81. The summed E-state index contributed by atoms with van der Waals surface area (Å²) in [5, 5.41) is 21.2. The first-order chi connectivity index (χ1) is 14.0. The molecule has 1 fully saturated rings. The number of aliphatic hydroxyl groups excluding tert-OH is 1. The number of carbonyl (C=O) groups excluding carboxylic acids is 2. The number of aromatic nitrogens is 4. The van der Waals surface area contributed by atoms with Gasteiger partial charge in [-0.2, -0.15) is 0 Å². The average Bonchev–Trinajstić information content (AvgIpc) is 3.26. The number of nitrogens with one attached hydrogen (secondary N) is 1. The number of aryl methyl sites for hydroxylation is 2. The van der Waals surface area contributed by atoms with Gasteiger partial charge in [0.25, 0.3) is 0 Å². The largest absolute Gasteiger partial charge is 0.391 e. The highest BCUT2D eigenvalue weighted by atomic mass is 16.3. The van der Waals surface area contributed by atoms with E-state index < -0.39 is 23.6 Å². The van der Waals surface area contributed by atoms with Crippen LogP contribution in [0.4, 0.5) is 0 Å². The molecule has 1 aliphatic heterocycles. The van der Waals surface area contributed by atoms with Crippen LogP contribution in [0.15, 0.2) is 18.3 Å². The summed E-state index contributed by atoms with van der Waals surface area (Å²) in [7, 11) is 1.53. The fourth-order valence-corrected chi connectivity index (χ4v) is 4.03. The van der Waals surface area contributed by atoms with Crippen LogP contribution in [0.25, 0.3) is 11.3 Å². The number of pyridine rings is 1. The Bertz CT molecular complexity index is 928. The standard InChI is InChI=1S/C21H30N6O3/c1-12-7-14(8-13(2)23-12)16-11-27(25-24-16)18(21(3,4)5)20(30)26-10-15(28)9-17(26)19(29)22-6/h7-8,11,15,17-18,28H,9-10H2,1-6H3,(H,22,29)/t15?,17-,18?/m1/s1. The summed E-state index contributed by atoms with van der Waals surface area (Å²) < 4.78 is 1.56. The van der Waals surface area contributed by atoms with E-state index in [9.17, 15) is 14.7 Å². The van der Waals surface area contributed by atoms with E-state index in [0.717, 1.165) is 17.0 Å². The minimum Gasteiger partial charge on any atom is -0.391 e. The maximum atomic E-state index is 13.6. The molecule has 9 nitrogen and oxygen atoms in total. The van der Waals surface area contributed by atoms with Crippen LogP contribution in [0.1, 0.15) is 44.6 Å². The molecular weight excluding hydrogens is 384 g/mol. The number of hydrogen-bond donors (Lipinski definition) is 2. The summed E-state index contributed by atoms with van der Waals surface area (Å²) in [4.78, 5) is 31.7. The van der Waals surface area contributed by atoms with Crippen molar-refractivity contribution >= 4 is 11.8 Å². The number of rotatable bonds is 4. The lowest BCUT2D eigenvalue weighted by Gasteiger charge is -2.34. The van der Waals surface area contributed by atoms with Crippen LogP contribution in [0, 0.1) is 19.3 Å². The maximum absolute atomic E-state index is 13.6. The van der Waals surface area contributed by atoms with Gasteiger partial charge in [-0.05, 0) is 31.4 Å². The summed E-state index contributed by atoms with van der Waals surface area (Å²) in [6.07, 6.45) is 1.25. The first-order valence-corrected chi connectivity index (χ1v) is 10.1. The molecule has 0 bridgehead atoms. The highest BCUT2D eigenvalue weighted by molar-refractivity contribution is 5.90. The van der Waals surface area contributed by atoms with Gasteiger partial charge in [-0.15, -0.1) is 5.10 Å². The van der Waals surface area contributed by atoms with Gasteiger partial charge in [-0.25, -0.2) is 4.68 Å². The molecule has 2 aromatic rings. The van der Waals surface area contributed by atoms with Gasteiger partial charge in [0.05, 0.1) is 12.3 Å². The van der Waals surface area contributed by atoms with Crippen LogP contribution in [-0.4, -0.2) is 67.5 Å². The number of aliphatic hydroxyl groups is 1. The van der Waals surface area contributed by atoms with Crippen molar-refractivity contribution in [3.05, 3.63) is 29.7 Å². The molecule has 162 valence electrons. The van der Waals surface area contributed by atoms with Crippen molar-refractivity contribution in [2.75, 3.05) is 13.6 Å². The fourth-order valence-electron chi connectivity index (χ4n) is 4.03. The second-order valence-electron chi connectivity index (χ2n) is 9.00. The molecule has 3 rings (SSSR count). The average molecular weight is 415 g/mol. The molecule has 1 aliphatic rings. The predicted octanol–water partition coefficient (Wildman–Crippen LogP) is 1.25. The van der Waals surface area contributed by atoms with Crippen LogP contribution < -0.4 is 5.32 Å². The van der Waals surface area contributed by atoms with E-state index in [0.29, 0.717) is 5.69 Å². The van der Waals surface area contributed by atoms with Crippen LogP contribution >= 0.6 is 0 Å². The first-order valence-electron chi connectivity index (χ1n) is 10.1. The monoisotopic (exact) mass is 414 g/mol. The van der Waals surface area contributed by atoms with Crippen molar-refractivity contribution in [3.8, 4) is 11.3 Å². The lowest BCUT2D eigenvalue weighted by Crippen LogP contribution is -2.49. The highest BCUT2D eigenvalue weighted by Gasteiger charge is 2.45. The van der Waals surface area contributed by atoms with Gasteiger partial charge in [0, 0.05) is 37.0 Å². The zero-order chi connectivity index (χ0) is 22.2. The van der Waals surface area contributed by atoms with Crippen molar-refractivity contribution in [2.24, 2.45) is 5.41 Å². The summed E-state index contributed by atoms with van der Waals surface area (Å²) in [5.41, 5.74) is 2.79. The Morgan fingerprint density at radius 3 is 2.43 bits per heavy atom. The number of carbonyl (C=O) groups is 2. The third-order valence-corrected chi connectivity index (χ3v) is 5.32. The van der Waals surface area contributed by atoms with E-state index in [1.54, 1.807) is 10.9 Å². The molecular formula is C21H30N6O3. The van der Waals surface area contributed by atoms with Gasteiger partial charge in [-0.3, -0.25) is 14.6 Å². The van der Waals surface area contributed by atoms with Gasteiger partial charge in [-0.1, -0.05) is 26.0 Å². The molecule has 0 aliphatic carbocycles. The van der Waals surface area contributed by atoms with Gasteiger partial charge in [0.1, 0.15) is 17.8 Å². The van der Waals surface area contributed by atoms with E-state index in [1.165, 1.54) is 11.9 Å². The number of nitrogens with zero attached hydrogens (tertiary/aromatic N) is 5. The number of likely N-dealkylation sites (N-methyl/N-ethyl adjacent to an activating group) is 1. The van der Waals surface area contributed by atoms with Crippen LogP contribution in [0.2, 0.25) is 0 Å². The molecule has 2 aromatic heterocycles. The van der Waals surface area contributed by atoms with Crippen molar-refractivity contribution < 1.29 is 14.7 Å². The lowest BCUT2D eigenvalue weighted by molar-refractivity contribution is -0.144. The van der Waals surface area contributed by atoms with Gasteiger partial charge >= 0.3 is 0 Å². The summed E-state index contributed by atoms with van der Waals surface area (Å²) in [6, 6.07) is 2.47. The van der Waals surface area contributed by atoms with Crippen molar-refractivity contribution in [1.82, 2.24) is 30.2 Å². The van der Waals surface area contributed by atoms with Crippen LogP contribution in [-0.2, 0) is 9.59 Å². The Morgan fingerprint density at radius 1 is 1.23 bits per heavy atom. The van der Waals surface area contributed by atoms with E-state index >= 15 is 0 Å². The normalized spacial score (nSPS) is 20.3. The van der Waals surface area contributed by atoms with Crippen LogP contribution in [0.5, 0.6) is 0 Å². The van der Waals surface area contributed by atoms with E-state index in [1.807, 2.05) is 46.8 Å². The van der Waals surface area contributed by atoms with E-state index in [2.05, 4.69) is 20.6 Å². The first kappa shape index (κ1) is 21.9. The molecule has 0 spiro atoms. The Labute approximate surface area is 176 Å². The minimum atomic E-state index is -0.731. The van der Waals surface area contributed by atoms with Gasteiger partial charge < -0.3 is 15.3 Å². The van der Waals surface area contributed by atoms with Crippen molar-refractivity contribution in [3.63, 3.8) is 0 Å². The smallest absolute Gasteiger partial charge is 0.248 e. The predicted molar refractivity (Wildman–Crippen MR) is 111 cm³/mol. The van der Waals surface area contributed by atoms with Crippen molar-refractivity contribution in [2.45, 2.75) is 59.2 Å². The van der Waals surface area contributed by atoms with Crippen LogP contribution in [0.3, 0.4) is 0 Å². The Morgan fingerprint density at radius 2 is 1.87 bits per heavy atom. The quantitative estimate of drug-likeness (QED) is 0.779. The molecule has 2 amide bonds. The van der Waals surface area contributed by atoms with Gasteiger partial charge in [0.2, 0.25) is 11.8 Å². The second kappa shape index (κ2) is 8.14. The zero-order valence-electron chi connectivity index (χ0n) is 18.4. The molecule has 3 heterocycles. The molecule has 3 atom stereocenters. The summed E-state index contributed by atoms with van der Waals surface area (Å²) in [6.45, 7) is 9.78. The molecule has 9 heteroatoms. The third-order valence-electron chi connectivity index (χ3n) is 5.32.